The number of alkyl halides is 1. The van der Waals surface area contributed by atoms with Crippen LogP contribution in [0.4, 0.5) is 11.4 Å². The standard InChI is InChI=1S/C16H17BrClN/c1-3-19(15-7-4-12(2)5-8-15)16-9-6-14(18)10-13(16)11-17/h4-10H,3,11H2,1-2H3. The summed E-state index contributed by atoms with van der Waals surface area (Å²) in [6.07, 6.45) is 0. The van der Waals surface area contributed by atoms with E-state index in [0.29, 0.717) is 0 Å². The number of hydrogen-bond acceptors (Lipinski definition) is 1. The number of aryl methyl sites for hydroxylation is 1. The summed E-state index contributed by atoms with van der Waals surface area (Å²) < 4.78 is 0. The summed E-state index contributed by atoms with van der Waals surface area (Å²) in [7, 11) is 0. The zero-order valence-corrected chi connectivity index (χ0v) is 13.5. The second-order valence-electron chi connectivity index (χ2n) is 4.49. The van der Waals surface area contributed by atoms with E-state index in [4.69, 9.17) is 11.6 Å². The molecule has 100 valence electrons. The van der Waals surface area contributed by atoms with Gasteiger partial charge in [0.15, 0.2) is 0 Å². The molecule has 0 radical (unpaired) electrons. The molecule has 2 aromatic rings. The number of benzene rings is 2. The first kappa shape index (κ1) is 14.4. The van der Waals surface area contributed by atoms with Crippen LogP contribution in [-0.2, 0) is 5.33 Å². The first-order valence-corrected chi connectivity index (χ1v) is 7.84. The average molecular weight is 339 g/mol. The lowest BCUT2D eigenvalue weighted by Crippen LogP contribution is -2.17. The third-order valence-corrected chi connectivity index (χ3v) is 3.98. The predicted octanol–water partition coefficient (Wildman–Crippen LogP) is 5.70. The summed E-state index contributed by atoms with van der Waals surface area (Å²) in [5.74, 6) is 0. The molecule has 0 saturated heterocycles. The van der Waals surface area contributed by atoms with Crippen molar-refractivity contribution in [3.63, 3.8) is 0 Å². The van der Waals surface area contributed by atoms with Gasteiger partial charge in [-0.15, -0.1) is 0 Å². The maximum absolute atomic E-state index is 6.07. The molecule has 0 aliphatic rings. The van der Waals surface area contributed by atoms with Gasteiger partial charge in [0.2, 0.25) is 0 Å². The SMILES string of the molecule is CCN(c1ccc(C)cc1)c1ccc(Cl)cc1CBr. The lowest BCUT2D eigenvalue weighted by molar-refractivity contribution is 1.01. The van der Waals surface area contributed by atoms with Gasteiger partial charge in [0.25, 0.3) is 0 Å². The van der Waals surface area contributed by atoms with Gasteiger partial charge < -0.3 is 4.90 Å². The van der Waals surface area contributed by atoms with Crippen LogP contribution in [0, 0.1) is 6.92 Å². The van der Waals surface area contributed by atoms with Crippen molar-refractivity contribution in [3.05, 3.63) is 58.6 Å². The Morgan fingerprint density at radius 3 is 2.37 bits per heavy atom. The predicted molar refractivity (Wildman–Crippen MR) is 87.9 cm³/mol. The number of nitrogens with zero attached hydrogens (tertiary/aromatic N) is 1. The van der Waals surface area contributed by atoms with Crippen molar-refractivity contribution in [3.8, 4) is 0 Å². The molecule has 0 bridgehead atoms. The Balaban J connectivity index is 2.44. The van der Waals surface area contributed by atoms with Gasteiger partial charge in [-0.2, -0.15) is 0 Å². The van der Waals surface area contributed by atoms with E-state index in [1.807, 2.05) is 12.1 Å². The van der Waals surface area contributed by atoms with Crippen LogP contribution in [-0.4, -0.2) is 6.54 Å². The molecule has 0 aliphatic carbocycles. The molecule has 0 N–H and O–H groups in total. The zero-order chi connectivity index (χ0) is 13.8. The van der Waals surface area contributed by atoms with Gasteiger partial charge in [0, 0.05) is 28.3 Å². The molecule has 0 heterocycles. The fourth-order valence-corrected chi connectivity index (χ4v) is 2.78. The van der Waals surface area contributed by atoms with Gasteiger partial charge in [0.05, 0.1) is 0 Å². The Hall–Kier alpha value is -0.990. The Morgan fingerprint density at radius 2 is 1.79 bits per heavy atom. The van der Waals surface area contributed by atoms with Crippen molar-refractivity contribution in [2.75, 3.05) is 11.4 Å². The monoisotopic (exact) mass is 337 g/mol. The molecule has 1 nitrogen and oxygen atoms in total. The van der Waals surface area contributed by atoms with Crippen LogP contribution in [0.5, 0.6) is 0 Å². The molecule has 3 heteroatoms. The molecular weight excluding hydrogens is 322 g/mol. The molecule has 0 spiro atoms. The van der Waals surface area contributed by atoms with Gasteiger partial charge in [-0.05, 0) is 49.7 Å². The lowest BCUT2D eigenvalue weighted by atomic mass is 10.1. The van der Waals surface area contributed by atoms with Crippen molar-refractivity contribution < 1.29 is 0 Å². The minimum absolute atomic E-state index is 0.776. The largest absolute Gasteiger partial charge is 0.342 e. The quantitative estimate of drug-likeness (QED) is 0.646. The zero-order valence-electron chi connectivity index (χ0n) is 11.2. The van der Waals surface area contributed by atoms with Crippen molar-refractivity contribution in [2.45, 2.75) is 19.2 Å². The smallest absolute Gasteiger partial charge is 0.0452 e. The molecule has 0 atom stereocenters. The number of halogens is 2. The highest BCUT2D eigenvalue weighted by molar-refractivity contribution is 9.08. The summed E-state index contributed by atoms with van der Waals surface area (Å²) in [5.41, 5.74) is 4.89. The van der Waals surface area contributed by atoms with Gasteiger partial charge in [0.1, 0.15) is 0 Å². The van der Waals surface area contributed by atoms with Crippen LogP contribution in [0.25, 0.3) is 0 Å². The molecule has 19 heavy (non-hydrogen) atoms. The summed E-state index contributed by atoms with van der Waals surface area (Å²) >= 11 is 9.61. The van der Waals surface area contributed by atoms with E-state index < -0.39 is 0 Å². The van der Waals surface area contributed by atoms with E-state index in [1.165, 1.54) is 22.5 Å². The number of rotatable bonds is 4. The summed E-state index contributed by atoms with van der Waals surface area (Å²) in [6.45, 7) is 5.18. The van der Waals surface area contributed by atoms with Crippen LogP contribution in [0.2, 0.25) is 5.02 Å². The minimum Gasteiger partial charge on any atom is -0.342 e. The molecule has 0 fully saturated rings. The van der Waals surface area contributed by atoms with Crippen LogP contribution in [0.3, 0.4) is 0 Å². The highest BCUT2D eigenvalue weighted by Gasteiger charge is 2.11. The molecule has 0 aromatic heterocycles. The Labute approximate surface area is 128 Å². The third-order valence-electron chi connectivity index (χ3n) is 3.14. The highest BCUT2D eigenvalue weighted by atomic mass is 79.9. The number of anilines is 2. The van der Waals surface area contributed by atoms with Crippen LogP contribution in [0.1, 0.15) is 18.1 Å². The van der Waals surface area contributed by atoms with Gasteiger partial charge in [-0.3, -0.25) is 0 Å². The van der Waals surface area contributed by atoms with Gasteiger partial charge in [-0.1, -0.05) is 45.2 Å². The first-order valence-electron chi connectivity index (χ1n) is 6.34. The second kappa shape index (κ2) is 6.44. The van der Waals surface area contributed by atoms with E-state index >= 15 is 0 Å². The van der Waals surface area contributed by atoms with E-state index in [-0.39, 0.29) is 0 Å². The first-order chi connectivity index (χ1) is 9.15. The normalized spacial score (nSPS) is 10.5. The van der Waals surface area contributed by atoms with E-state index in [9.17, 15) is 0 Å². The van der Waals surface area contributed by atoms with Crippen LogP contribution >= 0.6 is 27.5 Å². The summed E-state index contributed by atoms with van der Waals surface area (Å²) in [4.78, 5) is 2.30. The molecule has 0 amide bonds. The van der Waals surface area contributed by atoms with E-state index in [0.717, 1.165) is 16.9 Å². The van der Waals surface area contributed by atoms with Crippen molar-refractivity contribution in [1.29, 1.82) is 0 Å². The van der Waals surface area contributed by atoms with Gasteiger partial charge >= 0.3 is 0 Å². The van der Waals surface area contributed by atoms with Crippen molar-refractivity contribution in [1.82, 2.24) is 0 Å². The lowest BCUT2D eigenvalue weighted by Gasteiger charge is -2.26. The maximum Gasteiger partial charge on any atom is 0.0452 e. The fraction of sp³-hybridized carbons (Fsp3) is 0.250. The van der Waals surface area contributed by atoms with Crippen LogP contribution in [0.15, 0.2) is 42.5 Å². The molecule has 0 aliphatic heterocycles. The maximum atomic E-state index is 6.07. The fourth-order valence-electron chi connectivity index (χ4n) is 2.14. The van der Waals surface area contributed by atoms with E-state index in [2.05, 4.69) is 65.0 Å². The molecule has 2 rings (SSSR count). The van der Waals surface area contributed by atoms with Crippen molar-refractivity contribution in [2.24, 2.45) is 0 Å². The second-order valence-corrected chi connectivity index (χ2v) is 5.48. The van der Waals surface area contributed by atoms with Crippen LogP contribution < -0.4 is 4.90 Å². The molecule has 0 saturated carbocycles. The average Bonchev–Trinajstić information content (AvgIpc) is 2.43. The summed E-state index contributed by atoms with van der Waals surface area (Å²) in [5, 5.41) is 1.57. The summed E-state index contributed by atoms with van der Waals surface area (Å²) in [6, 6.07) is 14.6. The minimum atomic E-state index is 0.776. The number of hydrogen-bond donors (Lipinski definition) is 0. The molecule has 2 aromatic carbocycles. The van der Waals surface area contributed by atoms with Gasteiger partial charge in [-0.25, -0.2) is 0 Å². The Kier molecular flexibility index (Phi) is 4.89. The highest BCUT2D eigenvalue weighted by Crippen LogP contribution is 2.31. The molecular formula is C16H17BrClN. The Morgan fingerprint density at radius 1 is 1.11 bits per heavy atom. The van der Waals surface area contributed by atoms with E-state index in [1.54, 1.807) is 0 Å². The third kappa shape index (κ3) is 3.31. The Bertz CT molecular complexity index is 551. The molecule has 0 unspecified atom stereocenters. The van der Waals surface area contributed by atoms with Crippen molar-refractivity contribution >= 4 is 38.9 Å². The topological polar surface area (TPSA) is 3.24 Å².